The third-order valence-electron chi connectivity index (χ3n) is 4.83. The zero-order chi connectivity index (χ0) is 20.6. The fourth-order valence-electron chi connectivity index (χ4n) is 3.20. The summed E-state index contributed by atoms with van der Waals surface area (Å²) in [5.74, 6) is -0.133. The number of aryl methyl sites for hydroxylation is 2. The maximum Gasteiger partial charge on any atom is 0.249 e. The molecule has 3 aromatic rings. The standard InChI is InChI=1S/C20H23BrClN5O/c1-11-18(21)13(3)27(25-11)15(5)20(28)23-19-12(2)24-26(14(19)4)10-16-7-6-8-17(22)9-16/h6-9,15H,10H2,1-5H3,(H,23,28). The molecule has 0 fully saturated rings. The summed E-state index contributed by atoms with van der Waals surface area (Å²) in [5, 5.41) is 12.8. The normalized spacial score (nSPS) is 12.2. The Morgan fingerprint density at radius 3 is 2.50 bits per heavy atom. The molecule has 2 aromatic heterocycles. The van der Waals surface area contributed by atoms with E-state index in [0.29, 0.717) is 11.6 Å². The highest BCUT2D eigenvalue weighted by Crippen LogP contribution is 2.25. The van der Waals surface area contributed by atoms with Crippen LogP contribution in [-0.2, 0) is 11.3 Å². The maximum absolute atomic E-state index is 12.9. The van der Waals surface area contributed by atoms with Gasteiger partial charge in [0.15, 0.2) is 0 Å². The lowest BCUT2D eigenvalue weighted by atomic mass is 10.2. The van der Waals surface area contributed by atoms with Crippen LogP contribution in [0.5, 0.6) is 0 Å². The van der Waals surface area contributed by atoms with Gasteiger partial charge in [0.25, 0.3) is 0 Å². The van der Waals surface area contributed by atoms with E-state index in [1.54, 1.807) is 4.68 Å². The van der Waals surface area contributed by atoms with Gasteiger partial charge in [-0.25, -0.2) is 0 Å². The van der Waals surface area contributed by atoms with Gasteiger partial charge in [0.2, 0.25) is 5.91 Å². The number of rotatable bonds is 5. The Morgan fingerprint density at radius 2 is 1.89 bits per heavy atom. The number of carbonyl (C=O) groups excluding carboxylic acids is 1. The number of nitrogens with zero attached hydrogens (tertiary/aromatic N) is 4. The van der Waals surface area contributed by atoms with Crippen molar-refractivity contribution in [2.24, 2.45) is 0 Å². The van der Waals surface area contributed by atoms with Gasteiger partial charge in [-0.2, -0.15) is 10.2 Å². The third kappa shape index (κ3) is 4.00. The molecule has 0 spiro atoms. The Hall–Kier alpha value is -2.12. The summed E-state index contributed by atoms with van der Waals surface area (Å²) in [6.07, 6.45) is 0. The molecule has 1 unspecified atom stereocenters. The Balaban J connectivity index is 1.81. The first kappa shape index (κ1) is 20.6. The molecule has 0 bridgehead atoms. The van der Waals surface area contributed by atoms with Crippen LogP contribution in [0.4, 0.5) is 5.69 Å². The molecule has 0 saturated heterocycles. The molecule has 1 amide bonds. The van der Waals surface area contributed by atoms with E-state index in [4.69, 9.17) is 11.6 Å². The van der Waals surface area contributed by atoms with Crippen molar-refractivity contribution in [3.05, 3.63) is 62.1 Å². The number of benzene rings is 1. The summed E-state index contributed by atoms with van der Waals surface area (Å²) in [5.41, 5.74) is 5.24. The van der Waals surface area contributed by atoms with Crippen LogP contribution in [0, 0.1) is 27.7 Å². The van der Waals surface area contributed by atoms with Crippen molar-refractivity contribution in [2.75, 3.05) is 5.32 Å². The monoisotopic (exact) mass is 463 g/mol. The van der Waals surface area contributed by atoms with Crippen LogP contribution in [0.1, 0.15) is 41.3 Å². The molecular weight excluding hydrogens is 442 g/mol. The van der Waals surface area contributed by atoms with Gasteiger partial charge in [0, 0.05) is 5.02 Å². The van der Waals surface area contributed by atoms with E-state index in [0.717, 1.165) is 38.5 Å². The van der Waals surface area contributed by atoms with Crippen LogP contribution < -0.4 is 5.32 Å². The topological polar surface area (TPSA) is 64.7 Å². The van der Waals surface area contributed by atoms with Gasteiger partial charge in [-0.1, -0.05) is 23.7 Å². The number of amides is 1. The molecule has 148 valence electrons. The van der Waals surface area contributed by atoms with Crippen LogP contribution in [0.3, 0.4) is 0 Å². The Morgan fingerprint density at radius 1 is 1.18 bits per heavy atom. The summed E-state index contributed by atoms with van der Waals surface area (Å²) >= 11 is 9.59. The highest BCUT2D eigenvalue weighted by Gasteiger charge is 2.23. The Bertz CT molecular complexity index is 1040. The summed E-state index contributed by atoms with van der Waals surface area (Å²) in [6.45, 7) is 10.1. The van der Waals surface area contributed by atoms with Crippen LogP contribution >= 0.6 is 27.5 Å². The minimum atomic E-state index is -0.444. The summed E-state index contributed by atoms with van der Waals surface area (Å²) in [7, 11) is 0. The molecule has 1 atom stereocenters. The Labute approximate surface area is 178 Å². The molecule has 28 heavy (non-hydrogen) atoms. The zero-order valence-corrected chi connectivity index (χ0v) is 18.9. The molecule has 0 aliphatic rings. The van der Waals surface area contributed by atoms with Gasteiger partial charge in [-0.15, -0.1) is 0 Å². The average molecular weight is 465 g/mol. The highest BCUT2D eigenvalue weighted by molar-refractivity contribution is 9.10. The number of carbonyl (C=O) groups is 1. The van der Waals surface area contributed by atoms with Gasteiger partial charge >= 0.3 is 0 Å². The first-order chi connectivity index (χ1) is 13.2. The van der Waals surface area contributed by atoms with Crippen LogP contribution in [0.15, 0.2) is 28.7 Å². The predicted octanol–water partition coefficient (Wildman–Crippen LogP) is 4.98. The van der Waals surface area contributed by atoms with Crippen LogP contribution in [-0.4, -0.2) is 25.5 Å². The molecular formula is C20H23BrClN5O. The molecule has 0 radical (unpaired) electrons. The quantitative estimate of drug-likeness (QED) is 0.579. The number of hydrogen-bond donors (Lipinski definition) is 1. The van der Waals surface area contributed by atoms with Crippen molar-refractivity contribution in [1.29, 1.82) is 0 Å². The molecule has 6 nitrogen and oxygen atoms in total. The van der Waals surface area contributed by atoms with E-state index in [1.165, 1.54) is 0 Å². The first-order valence-electron chi connectivity index (χ1n) is 8.99. The van der Waals surface area contributed by atoms with Crippen molar-refractivity contribution in [3.63, 3.8) is 0 Å². The summed E-state index contributed by atoms with van der Waals surface area (Å²) in [6, 6.07) is 7.24. The van der Waals surface area contributed by atoms with E-state index in [2.05, 4.69) is 31.4 Å². The number of anilines is 1. The number of aromatic nitrogens is 4. The van der Waals surface area contributed by atoms with Crippen LogP contribution in [0.25, 0.3) is 0 Å². The predicted molar refractivity (Wildman–Crippen MR) is 115 cm³/mol. The van der Waals surface area contributed by atoms with Crippen molar-refractivity contribution in [3.8, 4) is 0 Å². The van der Waals surface area contributed by atoms with Crippen molar-refractivity contribution < 1.29 is 4.79 Å². The lowest BCUT2D eigenvalue weighted by molar-refractivity contribution is -0.119. The SMILES string of the molecule is Cc1nn(C(C)C(=O)Nc2c(C)nn(Cc3cccc(Cl)c3)c2C)c(C)c1Br. The highest BCUT2D eigenvalue weighted by atomic mass is 79.9. The fourth-order valence-corrected chi connectivity index (χ4v) is 3.67. The van der Waals surface area contributed by atoms with E-state index in [1.807, 2.05) is 63.6 Å². The van der Waals surface area contributed by atoms with Crippen LogP contribution in [0.2, 0.25) is 5.02 Å². The average Bonchev–Trinajstić information content (AvgIpc) is 3.05. The van der Waals surface area contributed by atoms with Gasteiger partial charge < -0.3 is 5.32 Å². The first-order valence-corrected chi connectivity index (χ1v) is 10.2. The molecule has 1 N–H and O–H groups in total. The van der Waals surface area contributed by atoms with Gasteiger partial charge in [0.1, 0.15) is 6.04 Å². The van der Waals surface area contributed by atoms with E-state index in [9.17, 15) is 4.79 Å². The fraction of sp³-hybridized carbons (Fsp3) is 0.350. The molecule has 0 aliphatic carbocycles. The summed E-state index contributed by atoms with van der Waals surface area (Å²) in [4.78, 5) is 12.9. The second-order valence-corrected chi connectivity index (χ2v) is 8.16. The molecule has 0 aliphatic heterocycles. The van der Waals surface area contributed by atoms with Gasteiger partial charge in [-0.3, -0.25) is 14.2 Å². The lowest BCUT2D eigenvalue weighted by Gasteiger charge is -2.15. The van der Waals surface area contributed by atoms with E-state index < -0.39 is 6.04 Å². The molecule has 1 aromatic carbocycles. The van der Waals surface area contributed by atoms with Gasteiger partial charge in [-0.05, 0) is 68.2 Å². The maximum atomic E-state index is 12.9. The number of halogens is 2. The van der Waals surface area contributed by atoms with E-state index in [-0.39, 0.29) is 5.91 Å². The van der Waals surface area contributed by atoms with Crippen molar-refractivity contribution in [1.82, 2.24) is 19.6 Å². The second-order valence-electron chi connectivity index (χ2n) is 6.93. The molecule has 2 heterocycles. The smallest absolute Gasteiger partial charge is 0.249 e. The molecule has 0 saturated carbocycles. The molecule has 8 heteroatoms. The number of hydrogen-bond acceptors (Lipinski definition) is 3. The van der Waals surface area contributed by atoms with Crippen molar-refractivity contribution >= 4 is 39.1 Å². The summed E-state index contributed by atoms with van der Waals surface area (Å²) < 4.78 is 4.53. The minimum absolute atomic E-state index is 0.133. The zero-order valence-electron chi connectivity index (χ0n) is 16.5. The van der Waals surface area contributed by atoms with Gasteiger partial charge in [0.05, 0.1) is 39.5 Å². The second kappa shape index (κ2) is 8.09. The van der Waals surface area contributed by atoms with Crippen molar-refractivity contribution in [2.45, 2.75) is 47.2 Å². The minimum Gasteiger partial charge on any atom is -0.321 e. The van der Waals surface area contributed by atoms with E-state index >= 15 is 0 Å². The largest absolute Gasteiger partial charge is 0.321 e. The molecule has 3 rings (SSSR count). The number of nitrogens with one attached hydrogen (secondary N) is 1. The lowest BCUT2D eigenvalue weighted by Crippen LogP contribution is -2.25. The Kier molecular flexibility index (Phi) is 5.95. The third-order valence-corrected chi connectivity index (χ3v) is 6.22.